The SMILES string of the molecule is CCCNc1ccc(Cl)c(C(=O)NC(C)CS(C)=O)n1. The van der Waals surface area contributed by atoms with Crippen LogP contribution in [0.3, 0.4) is 0 Å². The highest BCUT2D eigenvalue weighted by molar-refractivity contribution is 7.84. The topological polar surface area (TPSA) is 71.1 Å². The van der Waals surface area contributed by atoms with Crippen LogP contribution in [0.15, 0.2) is 12.1 Å². The molecule has 7 heteroatoms. The normalized spacial score (nSPS) is 13.6. The molecule has 2 unspecified atom stereocenters. The molecule has 1 heterocycles. The van der Waals surface area contributed by atoms with Crippen molar-refractivity contribution in [1.29, 1.82) is 0 Å². The first-order valence-corrected chi connectivity index (χ1v) is 8.55. The predicted molar refractivity (Wildman–Crippen MR) is 83.9 cm³/mol. The lowest BCUT2D eigenvalue weighted by Crippen LogP contribution is -2.36. The van der Waals surface area contributed by atoms with Crippen LogP contribution in [-0.2, 0) is 10.8 Å². The lowest BCUT2D eigenvalue weighted by Gasteiger charge is -2.13. The Morgan fingerprint density at radius 2 is 2.20 bits per heavy atom. The van der Waals surface area contributed by atoms with Crippen molar-refractivity contribution in [1.82, 2.24) is 10.3 Å². The molecule has 1 aromatic rings. The minimum atomic E-state index is -0.963. The molecule has 0 aliphatic rings. The molecule has 0 aromatic carbocycles. The predicted octanol–water partition coefficient (Wildman–Crippen LogP) is 2.05. The molecule has 1 rings (SSSR count). The van der Waals surface area contributed by atoms with Crippen molar-refractivity contribution >= 4 is 34.1 Å². The first-order valence-electron chi connectivity index (χ1n) is 6.45. The number of nitrogens with one attached hydrogen (secondary N) is 2. The summed E-state index contributed by atoms with van der Waals surface area (Å²) >= 11 is 6.00. The molecule has 5 nitrogen and oxygen atoms in total. The van der Waals surface area contributed by atoms with E-state index in [9.17, 15) is 9.00 Å². The first-order chi connectivity index (χ1) is 9.43. The van der Waals surface area contributed by atoms with Crippen molar-refractivity contribution in [2.45, 2.75) is 26.3 Å². The van der Waals surface area contributed by atoms with E-state index in [2.05, 4.69) is 15.6 Å². The molecule has 1 aromatic heterocycles. The second-order valence-corrected chi connectivity index (χ2v) is 6.45. The third kappa shape index (κ3) is 5.46. The molecule has 0 aliphatic heterocycles. The third-order valence-corrected chi connectivity index (χ3v) is 3.75. The van der Waals surface area contributed by atoms with Gasteiger partial charge in [0.05, 0.1) is 5.02 Å². The van der Waals surface area contributed by atoms with Crippen LogP contribution in [0, 0.1) is 0 Å². The molecule has 0 aliphatic carbocycles. The van der Waals surface area contributed by atoms with Crippen molar-refractivity contribution in [3.63, 3.8) is 0 Å². The van der Waals surface area contributed by atoms with E-state index in [1.807, 2.05) is 6.92 Å². The highest BCUT2D eigenvalue weighted by Gasteiger charge is 2.16. The van der Waals surface area contributed by atoms with Gasteiger partial charge >= 0.3 is 0 Å². The minimum absolute atomic E-state index is 0.182. The van der Waals surface area contributed by atoms with Crippen molar-refractivity contribution in [3.8, 4) is 0 Å². The van der Waals surface area contributed by atoms with E-state index in [0.717, 1.165) is 13.0 Å². The van der Waals surface area contributed by atoms with Crippen LogP contribution >= 0.6 is 11.6 Å². The van der Waals surface area contributed by atoms with Crippen LogP contribution in [0.5, 0.6) is 0 Å². The second-order valence-electron chi connectivity index (χ2n) is 4.57. The Morgan fingerprint density at radius 3 is 2.80 bits per heavy atom. The summed E-state index contributed by atoms with van der Waals surface area (Å²) in [5.74, 6) is 0.665. The fourth-order valence-electron chi connectivity index (χ4n) is 1.64. The van der Waals surface area contributed by atoms with Gasteiger partial charge in [-0.25, -0.2) is 4.98 Å². The summed E-state index contributed by atoms with van der Waals surface area (Å²) < 4.78 is 11.1. The molecule has 0 saturated heterocycles. The minimum Gasteiger partial charge on any atom is -0.370 e. The smallest absolute Gasteiger partial charge is 0.271 e. The number of anilines is 1. The lowest BCUT2D eigenvalue weighted by molar-refractivity contribution is 0.0939. The average Bonchev–Trinajstić information content (AvgIpc) is 2.36. The van der Waals surface area contributed by atoms with Gasteiger partial charge in [-0.2, -0.15) is 0 Å². The molecule has 20 heavy (non-hydrogen) atoms. The number of carbonyl (C=O) groups is 1. The van der Waals surface area contributed by atoms with Gasteiger partial charge in [0, 0.05) is 35.4 Å². The van der Waals surface area contributed by atoms with Crippen molar-refractivity contribution in [2.75, 3.05) is 23.9 Å². The highest BCUT2D eigenvalue weighted by atomic mass is 35.5. The molecule has 0 spiro atoms. The maximum absolute atomic E-state index is 12.1. The molecular weight excluding hydrogens is 298 g/mol. The van der Waals surface area contributed by atoms with Crippen LogP contribution < -0.4 is 10.6 Å². The summed E-state index contributed by atoms with van der Waals surface area (Å²) in [6.45, 7) is 4.62. The number of hydrogen-bond donors (Lipinski definition) is 2. The third-order valence-electron chi connectivity index (χ3n) is 2.48. The number of nitrogens with zero attached hydrogens (tertiary/aromatic N) is 1. The Balaban J connectivity index is 2.78. The number of amides is 1. The van der Waals surface area contributed by atoms with E-state index >= 15 is 0 Å². The quantitative estimate of drug-likeness (QED) is 0.807. The zero-order valence-corrected chi connectivity index (χ0v) is 13.5. The summed E-state index contributed by atoms with van der Waals surface area (Å²) in [6.07, 6.45) is 2.56. The number of halogens is 1. The van der Waals surface area contributed by atoms with Gasteiger partial charge < -0.3 is 10.6 Å². The molecule has 2 atom stereocenters. The Hall–Kier alpha value is -1.14. The Bertz CT molecular complexity index is 497. The summed E-state index contributed by atoms with van der Waals surface area (Å²) in [6, 6.07) is 3.18. The molecule has 0 saturated carbocycles. The second kappa shape index (κ2) is 8.21. The number of pyridine rings is 1. The number of rotatable bonds is 7. The summed E-state index contributed by atoms with van der Waals surface area (Å²) in [5.41, 5.74) is 0.182. The van der Waals surface area contributed by atoms with Crippen LogP contribution in [-0.4, -0.2) is 39.7 Å². The monoisotopic (exact) mass is 317 g/mol. The van der Waals surface area contributed by atoms with Gasteiger partial charge in [0.25, 0.3) is 5.91 Å². The highest BCUT2D eigenvalue weighted by Crippen LogP contribution is 2.16. The summed E-state index contributed by atoms with van der Waals surface area (Å²) in [5, 5.41) is 6.15. The summed E-state index contributed by atoms with van der Waals surface area (Å²) in [7, 11) is -0.963. The van der Waals surface area contributed by atoms with Gasteiger partial charge in [-0.05, 0) is 25.5 Å². The zero-order valence-electron chi connectivity index (χ0n) is 11.9. The number of aromatic nitrogens is 1. The van der Waals surface area contributed by atoms with Crippen molar-refractivity contribution in [2.24, 2.45) is 0 Å². The van der Waals surface area contributed by atoms with Gasteiger partial charge in [-0.15, -0.1) is 0 Å². The summed E-state index contributed by atoms with van der Waals surface area (Å²) in [4.78, 5) is 16.3. The van der Waals surface area contributed by atoms with E-state index in [-0.39, 0.29) is 17.6 Å². The van der Waals surface area contributed by atoms with Crippen molar-refractivity contribution < 1.29 is 9.00 Å². The van der Waals surface area contributed by atoms with Gasteiger partial charge in [0.1, 0.15) is 11.5 Å². The maximum atomic E-state index is 12.1. The largest absolute Gasteiger partial charge is 0.370 e. The fraction of sp³-hybridized carbons (Fsp3) is 0.538. The molecule has 0 radical (unpaired) electrons. The van der Waals surface area contributed by atoms with E-state index in [1.165, 1.54) is 0 Å². The van der Waals surface area contributed by atoms with Gasteiger partial charge in [-0.1, -0.05) is 18.5 Å². The van der Waals surface area contributed by atoms with Gasteiger partial charge in [-0.3, -0.25) is 9.00 Å². The molecule has 0 bridgehead atoms. The molecule has 1 amide bonds. The average molecular weight is 318 g/mol. The molecule has 2 N–H and O–H groups in total. The lowest BCUT2D eigenvalue weighted by atomic mass is 10.3. The molecule has 112 valence electrons. The van der Waals surface area contributed by atoms with Crippen LogP contribution in [0.4, 0.5) is 5.82 Å². The van der Waals surface area contributed by atoms with E-state index in [1.54, 1.807) is 25.3 Å². The Kier molecular flexibility index (Phi) is 6.95. The van der Waals surface area contributed by atoms with Crippen LogP contribution in [0.2, 0.25) is 5.02 Å². The number of hydrogen-bond acceptors (Lipinski definition) is 4. The van der Waals surface area contributed by atoms with E-state index in [4.69, 9.17) is 11.6 Å². The standard InChI is InChI=1S/C13H20ClN3O2S/c1-4-7-15-11-6-5-10(14)12(17-11)13(18)16-9(2)8-20(3)19/h5-6,9H,4,7-8H2,1-3H3,(H,15,17)(H,16,18). The van der Waals surface area contributed by atoms with E-state index < -0.39 is 10.8 Å². The van der Waals surface area contributed by atoms with Crippen LogP contribution in [0.25, 0.3) is 0 Å². The maximum Gasteiger partial charge on any atom is 0.271 e. The van der Waals surface area contributed by atoms with Gasteiger partial charge in [0.2, 0.25) is 0 Å². The van der Waals surface area contributed by atoms with Crippen LogP contribution in [0.1, 0.15) is 30.8 Å². The van der Waals surface area contributed by atoms with Gasteiger partial charge in [0.15, 0.2) is 0 Å². The molecule has 0 fully saturated rings. The fourth-order valence-corrected chi connectivity index (χ4v) is 2.62. The van der Waals surface area contributed by atoms with Crippen molar-refractivity contribution in [3.05, 3.63) is 22.8 Å². The number of carbonyl (C=O) groups excluding carboxylic acids is 1. The Labute approximate surface area is 127 Å². The Morgan fingerprint density at radius 1 is 1.50 bits per heavy atom. The zero-order chi connectivity index (χ0) is 15.1. The van der Waals surface area contributed by atoms with E-state index in [0.29, 0.717) is 16.6 Å². The molecular formula is C13H20ClN3O2S. The first kappa shape index (κ1) is 16.9.